The predicted molar refractivity (Wildman–Crippen MR) is 72.4 cm³/mol. The summed E-state index contributed by atoms with van der Waals surface area (Å²) in [5, 5.41) is 8.92. The average Bonchev–Trinajstić information content (AvgIpc) is 2.84. The van der Waals surface area contributed by atoms with Crippen molar-refractivity contribution < 1.29 is 19.4 Å². The summed E-state index contributed by atoms with van der Waals surface area (Å²) < 4.78 is 12.7. The van der Waals surface area contributed by atoms with Crippen LogP contribution in [0.1, 0.15) is 16.2 Å². The summed E-state index contributed by atoms with van der Waals surface area (Å²) in [6.45, 7) is 3.03. The predicted octanol–water partition coefficient (Wildman–Crippen LogP) is 1.98. The van der Waals surface area contributed by atoms with E-state index in [1.807, 2.05) is 17.7 Å². The van der Waals surface area contributed by atoms with E-state index in [4.69, 9.17) is 14.6 Å². The van der Waals surface area contributed by atoms with Gasteiger partial charge in [-0.1, -0.05) is 0 Å². The van der Waals surface area contributed by atoms with Crippen molar-refractivity contribution in [2.45, 2.75) is 13.5 Å². The topological polar surface area (TPSA) is 73.6 Å². The first kappa shape index (κ1) is 13.9. The molecule has 0 saturated carbocycles. The lowest BCUT2D eigenvalue weighted by Crippen LogP contribution is -2.09. The van der Waals surface area contributed by atoms with Crippen molar-refractivity contribution in [1.29, 1.82) is 0 Å². The monoisotopic (exact) mass is 276 g/mol. The normalized spacial score (nSPS) is 10.3. The first-order valence-corrected chi connectivity index (χ1v) is 6.13. The molecule has 20 heavy (non-hydrogen) atoms. The SMILES string of the molecule is COc1cc(C(=O)O)ccc1OCCn1ccnc1C. The van der Waals surface area contributed by atoms with Gasteiger partial charge in [-0.3, -0.25) is 0 Å². The van der Waals surface area contributed by atoms with Gasteiger partial charge in [-0.05, 0) is 25.1 Å². The molecule has 1 heterocycles. The Balaban J connectivity index is 2.02. The van der Waals surface area contributed by atoms with Crippen molar-refractivity contribution >= 4 is 5.97 Å². The van der Waals surface area contributed by atoms with E-state index in [2.05, 4.69) is 4.98 Å². The molecule has 0 radical (unpaired) electrons. The smallest absolute Gasteiger partial charge is 0.335 e. The second-order valence-corrected chi connectivity index (χ2v) is 4.19. The van der Waals surface area contributed by atoms with Crippen LogP contribution in [0.25, 0.3) is 0 Å². The highest BCUT2D eigenvalue weighted by Crippen LogP contribution is 2.28. The van der Waals surface area contributed by atoms with Crippen LogP contribution in [0.15, 0.2) is 30.6 Å². The molecule has 1 N–H and O–H groups in total. The van der Waals surface area contributed by atoms with E-state index >= 15 is 0 Å². The molecule has 1 aromatic heterocycles. The molecule has 0 spiro atoms. The van der Waals surface area contributed by atoms with E-state index in [-0.39, 0.29) is 5.56 Å². The first-order valence-electron chi connectivity index (χ1n) is 6.13. The Bertz CT molecular complexity index is 607. The van der Waals surface area contributed by atoms with E-state index in [9.17, 15) is 4.79 Å². The second kappa shape index (κ2) is 6.10. The largest absolute Gasteiger partial charge is 0.493 e. The molecule has 0 saturated heterocycles. The van der Waals surface area contributed by atoms with Gasteiger partial charge in [0, 0.05) is 12.4 Å². The fourth-order valence-electron chi connectivity index (χ4n) is 1.81. The van der Waals surface area contributed by atoms with Gasteiger partial charge in [-0.25, -0.2) is 9.78 Å². The van der Waals surface area contributed by atoms with Crippen LogP contribution in [0.2, 0.25) is 0 Å². The van der Waals surface area contributed by atoms with E-state index in [0.29, 0.717) is 24.7 Å². The van der Waals surface area contributed by atoms with Crippen LogP contribution in [0, 0.1) is 6.92 Å². The molecule has 0 aliphatic rings. The number of hydrogen-bond acceptors (Lipinski definition) is 4. The van der Waals surface area contributed by atoms with Gasteiger partial charge < -0.3 is 19.1 Å². The van der Waals surface area contributed by atoms with E-state index < -0.39 is 5.97 Å². The highest BCUT2D eigenvalue weighted by molar-refractivity contribution is 5.88. The number of carboxylic acids is 1. The Hall–Kier alpha value is -2.50. The minimum Gasteiger partial charge on any atom is -0.493 e. The Kier molecular flexibility index (Phi) is 4.24. The van der Waals surface area contributed by atoms with Gasteiger partial charge in [0.15, 0.2) is 11.5 Å². The zero-order chi connectivity index (χ0) is 14.5. The number of aromatic nitrogens is 2. The molecule has 1 aromatic carbocycles. The number of nitrogens with zero attached hydrogens (tertiary/aromatic N) is 2. The minimum atomic E-state index is -0.996. The molecule has 0 aliphatic carbocycles. The summed E-state index contributed by atoms with van der Waals surface area (Å²) in [5.74, 6) is 0.855. The van der Waals surface area contributed by atoms with Crippen LogP contribution < -0.4 is 9.47 Å². The molecule has 0 bridgehead atoms. The molecule has 6 heteroatoms. The fraction of sp³-hybridized carbons (Fsp3) is 0.286. The Morgan fingerprint density at radius 3 is 2.80 bits per heavy atom. The zero-order valence-electron chi connectivity index (χ0n) is 11.4. The summed E-state index contributed by atoms with van der Waals surface area (Å²) in [7, 11) is 1.48. The lowest BCUT2D eigenvalue weighted by atomic mass is 10.2. The van der Waals surface area contributed by atoms with Gasteiger partial charge in [-0.15, -0.1) is 0 Å². The maximum absolute atomic E-state index is 10.9. The number of methoxy groups -OCH3 is 1. The zero-order valence-corrected chi connectivity index (χ0v) is 11.4. The minimum absolute atomic E-state index is 0.166. The molecule has 0 fully saturated rings. The number of carboxylic acid groups (broad SMARTS) is 1. The van der Waals surface area contributed by atoms with Crippen LogP contribution in [0.3, 0.4) is 0 Å². The van der Waals surface area contributed by atoms with Crippen LogP contribution in [0.5, 0.6) is 11.5 Å². The molecule has 0 aliphatic heterocycles. The maximum Gasteiger partial charge on any atom is 0.335 e. The lowest BCUT2D eigenvalue weighted by Gasteiger charge is -2.12. The molecule has 2 rings (SSSR count). The van der Waals surface area contributed by atoms with Crippen molar-refractivity contribution in [1.82, 2.24) is 9.55 Å². The summed E-state index contributed by atoms with van der Waals surface area (Å²) in [5.41, 5.74) is 0.166. The van der Waals surface area contributed by atoms with Crippen molar-refractivity contribution in [3.63, 3.8) is 0 Å². The third-order valence-corrected chi connectivity index (χ3v) is 2.92. The van der Waals surface area contributed by atoms with Crippen molar-refractivity contribution in [3.05, 3.63) is 42.0 Å². The maximum atomic E-state index is 10.9. The van der Waals surface area contributed by atoms with E-state index in [0.717, 1.165) is 5.82 Å². The molecule has 0 atom stereocenters. The molecular weight excluding hydrogens is 260 g/mol. The number of benzene rings is 1. The van der Waals surface area contributed by atoms with Crippen molar-refractivity contribution in [2.24, 2.45) is 0 Å². The number of imidazole rings is 1. The van der Waals surface area contributed by atoms with Gasteiger partial charge in [0.1, 0.15) is 12.4 Å². The highest BCUT2D eigenvalue weighted by atomic mass is 16.5. The average molecular weight is 276 g/mol. The Morgan fingerprint density at radius 2 is 2.20 bits per heavy atom. The summed E-state index contributed by atoms with van der Waals surface area (Å²) >= 11 is 0. The standard InChI is InChI=1S/C14H16N2O4/c1-10-15-5-6-16(10)7-8-20-12-4-3-11(14(17)18)9-13(12)19-2/h3-6,9H,7-8H2,1-2H3,(H,17,18). The number of ether oxygens (including phenoxy) is 2. The van der Waals surface area contributed by atoms with Crippen molar-refractivity contribution in [2.75, 3.05) is 13.7 Å². The van der Waals surface area contributed by atoms with Gasteiger partial charge in [0.2, 0.25) is 0 Å². The summed E-state index contributed by atoms with van der Waals surface area (Å²) in [4.78, 5) is 15.0. The highest BCUT2D eigenvalue weighted by Gasteiger charge is 2.10. The van der Waals surface area contributed by atoms with Crippen LogP contribution >= 0.6 is 0 Å². The number of carbonyl (C=O) groups is 1. The van der Waals surface area contributed by atoms with Gasteiger partial charge in [-0.2, -0.15) is 0 Å². The van der Waals surface area contributed by atoms with Gasteiger partial charge in [0.05, 0.1) is 19.2 Å². The molecule has 2 aromatic rings. The molecule has 0 amide bonds. The van der Waals surface area contributed by atoms with Crippen LogP contribution in [0.4, 0.5) is 0 Å². The third-order valence-electron chi connectivity index (χ3n) is 2.92. The summed E-state index contributed by atoms with van der Waals surface area (Å²) in [6, 6.07) is 4.53. The Morgan fingerprint density at radius 1 is 1.40 bits per heavy atom. The number of aryl methyl sites for hydroxylation is 1. The summed E-state index contributed by atoms with van der Waals surface area (Å²) in [6.07, 6.45) is 3.61. The van der Waals surface area contributed by atoms with Crippen LogP contribution in [-0.4, -0.2) is 34.3 Å². The van der Waals surface area contributed by atoms with Crippen molar-refractivity contribution in [3.8, 4) is 11.5 Å². The molecule has 6 nitrogen and oxygen atoms in total. The number of aromatic carboxylic acids is 1. The Labute approximate surface area is 116 Å². The molecule has 0 unspecified atom stereocenters. The fourth-order valence-corrected chi connectivity index (χ4v) is 1.81. The van der Waals surface area contributed by atoms with Gasteiger partial charge in [0.25, 0.3) is 0 Å². The molecular formula is C14H16N2O4. The first-order chi connectivity index (χ1) is 9.61. The van der Waals surface area contributed by atoms with E-state index in [1.165, 1.54) is 19.2 Å². The third kappa shape index (κ3) is 3.09. The van der Waals surface area contributed by atoms with Crippen LogP contribution in [-0.2, 0) is 6.54 Å². The quantitative estimate of drug-likeness (QED) is 0.873. The second-order valence-electron chi connectivity index (χ2n) is 4.19. The van der Waals surface area contributed by atoms with E-state index in [1.54, 1.807) is 12.3 Å². The lowest BCUT2D eigenvalue weighted by molar-refractivity contribution is 0.0696. The molecule has 106 valence electrons. The number of rotatable bonds is 6. The van der Waals surface area contributed by atoms with Gasteiger partial charge >= 0.3 is 5.97 Å². The number of hydrogen-bond donors (Lipinski definition) is 1.